The standard InChI is InChI=1S/C13H15BrClFN2O/c14-3-4-17-5-7-18(8-6-17)13(19)11-2-1-10(16)9-12(11)15/h1-2,9H,3-8H2. The summed E-state index contributed by atoms with van der Waals surface area (Å²) in [5, 5.41) is 1.11. The summed E-state index contributed by atoms with van der Waals surface area (Å²) in [4.78, 5) is 16.4. The summed E-state index contributed by atoms with van der Waals surface area (Å²) in [7, 11) is 0. The molecule has 0 bridgehead atoms. The van der Waals surface area contributed by atoms with Gasteiger partial charge in [-0.1, -0.05) is 27.5 Å². The third-order valence-electron chi connectivity index (χ3n) is 3.22. The highest BCUT2D eigenvalue weighted by Crippen LogP contribution is 2.19. The Labute approximate surface area is 125 Å². The summed E-state index contributed by atoms with van der Waals surface area (Å²) in [6, 6.07) is 3.89. The van der Waals surface area contributed by atoms with Crippen LogP contribution in [0.2, 0.25) is 5.02 Å². The van der Waals surface area contributed by atoms with E-state index < -0.39 is 5.82 Å². The fraction of sp³-hybridized carbons (Fsp3) is 0.462. The zero-order valence-electron chi connectivity index (χ0n) is 10.4. The number of amides is 1. The van der Waals surface area contributed by atoms with E-state index in [9.17, 15) is 9.18 Å². The molecule has 1 aromatic rings. The summed E-state index contributed by atoms with van der Waals surface area (Å²) < 4.78 is 13.0. The Morgan fingerprint density at radius 2 is 2.00 bits per heavy atom. The molecule has 3 nitrogen and oxygen atoms in total. The lowest BCUT2D eigenvalue weighted by Crippen LogP contribution is -2.49. The predicted molar refractivity (Wildman–Crippen MR) is 77.5 cm³/mol. The molecule has 104 valence electrons. The highest BCUT2D eigenvalue weighted by molar-refractivity contribution is 9.09. The van der Waals surface area contributed by atoms with Crippen molar-refractivity contribution in [3.05, 3.63) is 34.6 Å². The first kappa shape index (κ1) is 14.8. The Bertz CT molecular complexity index is 464. The first-order chi connectivity index (χ1) is 9.11. The number of carbonyl (C=O) groups is 1. The molecule has 0 N–H and O–H groups in total. The Morgan fingerprint density at radius 3 is 2.58 bits per heavy atom. The van der Waals surface area contributed by atoms with Gasteiger partial charge >= 0.3 is 0 Å². The highest BCUT2D eigenvalue weighted by Gasteiger charge is 2.23. The van der Waals surface area contributed by atoms with E-state index in [-0.39, 0.29) is 10.9 Å². The van der Waals surface area contributed by atoms with Gasteiger partial charge in [-0.15, -0.1) is 0 Å². The molecule has 1 aliphatic rings. The minimum absolute atomic E-state index is 0.122. The SMILES string of the molecule is O=C(c1ccc(F)cc1Cl)N1CCN(CCBr)CC1. The smallest absolute Gasteiger partial charge is 0.255 e. The van der Waals surface area contributed by atoms with Crippen molar-refractivity contribution in [2.75, 3.05) is 38.1 Å². The number of carbonyl (C=O) groups excluding carboxylic acids is 1. The molecule has 0 saturated carbocycles. The van der Waals surface area contributed by atoms with Gasteiger partial charge in [0.1, 0.15) is 5.82 Å². The summed E-state index contributed by atoms with van der Waals surface area (Å²) in [6.07, 6.45) is 0. The number of piperazine rings is 1. The van der Waals surface area contributed by atoms with Crippen LogP contribution in [-0.2, 0) is 0 Å². The van der Waals surface area contributed by atoms with E-state index in [1.165, 1.54) is 18.2 Å². The van der Waals surface area contributed by atoms with Gasteiger partial charge in [0.05, 0.1) is 10.6 Å². The molecule has 0 aliphatic carbocycles. The van der Waals surface area contributed by atoms with Crippen molar-refractivity contribution in [3.8, 4) is 0 Å². The maximum Gasteiger partial charge on any atom is 0.255 e. The number of hydrogen-bond donors (Lipinski definition) is 0. The maximum absolute atomic E-state index is 13.0. The van der Waals surface area contributed by atoms with Crippen molar-refractivity contribution in [3.63, 3.8) is 0 Å². The van der Waals surface area contributed by atoms with E-state index in [4.69, 9.17) is 11.6 Å². The molecule has 1 saturated heterocycles. The normalized spacial score (nSPS) is 16.7. The Hall–Kier alpha value is -0.650. The van der Waals surface area contributed by atoms with Crippen molar-refractivity contribution < 1.29 is 9.18 Å². The zero-order valence-corrected chi connectivity index (χ0v) is 12.8. The second kappa shape index (κ2) is 6.68. The number of nitrogens with zero attached hydrogens (tertiary/aromatic N) is 2. The fourth-order valence-electron chi connectivity index (χ4n) is 2.13. The maximum atomic E-state index is 13.0. The van der Waals surface area contributed by atoms with Crippen LogP contribution in [0.1, 0.15) is 10.4 Å². The van der Waals surface area contributed by atoms with Crippen molar-refractivity contribution in [1.82, 2.24) is 9.80 Å². The van der Waals surface area contributed by atoms with Crippen LogP contribution in [0.15, 0.2) is 18.2 Å². The quantitative estimate of drug-likeness (QED) is 0.783. The van der Waals surface area contributed by atoms with E-state index in [0.29, 0.717) is 18.7 Å². The molecule has 0 radical (unpaired) electrons. The summed E-state index contributed by atoms with van der Waals surface area (Å²) in [5.74, 6) is -0.549. The van der Waals surface area contributed by atoms with Crippen molar-refractivity contribution in [1.29, 1.82) is 0 Å². The van der Waals surface area contributed by atoms with Crippen LogP contribution in [-0.4, -0.2) is 53.8 Å². The molecule has 2 rings (SSSR count). The van der Waals surface area contributed by atoms with Crippen LogP contribution in [0.5, 0.6) is 0 Å². The molecular formula is C13H15BrClFN2O. The molecule has 1 aromatic carbocycles. The van der Waals surface area contributed by atoms with Crippen molar-refractivity contribution >= 4 is 33.4 Å². The van der Waals surface area contributed by atoms with Crippen LogP contribution in [0.25, 0.3) is 0 Å². The lowest BCUT2D eigenvalue weighted by molar-refractivity contribution is 0.0645. The number of rotatable bonds is 3. The number of halogens is 3. The molecule has 19 heavy (non-hydrogen) atoms. The molecule has 1 amide bonds. The first-order valence-corrected chi connectivity index (χ1v) is 7.64. The van der Waals surface area contributed by atoms with E-state index in [1.807, 2.05) is 0 Å². The average molecular weight is 350 g/mol. The third kappa shape index (κ3) is 3.68. The van der Waals surface area contributed by atoms with Crippen LogP contribution in [0.3, 0.4) is 0 Å². The largest absolute Gasteiger partial charge is 0.336 e. The van der Waals surface area contributed by atoms with Crippen molar-refractivity contribution in [2.24, 2.45) is 0 Å². The van der Waals surface area contributed by atoms with Crippen LogP contribution >= 0.6 is 27.5 Å². The van der Waals surface area contributed by atoms with Gasteiger partial charge in [0, 0.05) is 38.1 Å². The summed E-state index contributed by atoms with van der Waals surface area (Å²) in [5.41, 5.74) is 0.372. The van der Waals surface area contributed by atoms with Crippen LogP contribution in [0.4, 0.5) is 4.39 Å². The molecule has 1 aliphatic heterocycles. The van der Waals surface area contributed by atoms with Crippen molar-refractivity contribution in [2.45, 2.75) is 0 Å². The van der Waals surface area contributed by atoms with Gasteiger partial charge in [0.25, 0.3) is 5.91 Å². The van der Waals surface area contributed by atoms with Gasteiger partial charge in [-0.05, 0) is 18.2 Å². The molecule has 0 spiro atoms. The van der Waals surface area contributed by atoms with Gasteiger partial charge in [-0.2, -0.15) is 0 Å². The van der Waals surface area contributed by atoms with Gasteiger partial charge in [0.2, 0.25) is 0 Å². The average Bonchev–Trinajstić information content (AvgIpc) is 2.39. The number of benzene rings is 1. The van der Waals surface area contributed by atoms with E-state index in [1.54, 1.807) is 4.90 Å². The van der Waals surface area contributed by atoms with Crippen LogP contribution < -0.4 is 0 Å². The van der Waals surface area contributed by atoms with Gasteiger partial charge < -0.3 is 4.90 Å². The Balaban J connectivity index is 2.01. The minimum atomic E-state index is -0.427. The second-order valence-electron chi connectivity index (χ2n) is 4.45. The second-order valence-corrected chi connectivity index (χ2v) is 5.65. The molecule has 1 fully saturated rings. The van der Waals surface area contributed by atoms with E-state index in [0.717, 1.165) is 25.0 Å². The Kier molecular flexibility index (Phi) is 5.19. The van der Waals surface area contributed by atoms with Crippen LogP contribution in [0, 0.1) is 5.82 Å². The molecule has 0 atom stereocenters. The topological polar surface area (TPSA) is 23.6 Å². The van der Waals surface area contributed by atoms with Gasteiger partial charge in [0.15, 0.2) is 0 Å². The van der Waals surface area contributed by atoms with E-state index in [2.05, 4.69) is 20.8 Å². The monoisotopic (exact) mass is 348 g/mol. The first-order valence-electron chi connectivity index (χ1n) is 6.14. The molecule has 0 aromatic heterocycles. The number of hydrogen-bond acceptors (Lipinski definition) is 2. The highest BCUT2D eigenvalue weighted by atomic mass is 79.9. The predicted octanol–water partition coefficient (Wildman–Crippen LogP) is 2.63. The molecule has 6 heteroatoms. The lowest BCUT2D eigenvalue weighted by Gasteiger charge is -2.34. The molecule has 1 heterocycles. The summed E-state index contributed by atoms with van der Waals surface area (Å²) in [6.45, 7) is 4.06. The van der Waals surface area contributed by atoms with Gasteiger partial charge in [-0.25, -0.2) is 4.39 Å². The minimum Gasteiger partial charge on any atom is -0.336 e. The summed E-state index contributed by atoms with van der Waals surface area (Å²) >= 11 is 9.32. The number of alkyl halides is 1. The fourth-order valence-corrected chi connectivity index (χ4v) is 2.88. The third-order valence-corrected chi connectivity index (χ3v) is 3.89. The molecular weight excluding hydrogens is 335 g/mol. The zero-order chi connectivity index (χ0) is 13.8. The molecule has 0 unspecified atom stereocenters. The van der Waals surface area contributed by atoms with E-state index >= 15 is 0 Å². The lowest BCUT2D eigenvalue weighted by atomic mass is 10.1. The Morgan fingerprint density at radius 1 is 1.32 bits per heavy atom. The van der Waals surface area contributed by atoms with Gasteiger partial charge in [-0.3, -0.25) is 9.69 Å².